The van der Waals surface area contributed by atoms with E-state index in [0.29, 0.717) is 31.9 Å². The van der Waals surface area contributed by atoms with E-state index >= 15 is 0 Å². The predicted molar refractivity (Wildman–Crippen MR) is 101 cm³/mol. The lowest BCUT2D eigenvalue weighted by atomic mass is 9.88. The molecule has 142 valence electrons. The normalized spacial score (nSPS) is 21.4. The van der Waals surface area contributed by atoms with Gasteiger partial charge in [0.05, 0.1) is 24.0 Å². The van der Waals surface area contributed by atoms with Crippen LogP contribution >= 0.6 is 0 Å². The zero-order chi connectivity index (χ0) is 18.9. The summed E-state index contributed by atoms with van der Waals surface area (Å²) in [5, 5.41) is 12.7. The monoisotopic (exact) mass is 368 g/mol. The van der Waals surface area contributed by atoms with Crippen LogP contribution in [-0.2, 0) is 4.74 Å². The minimum absolute atomic E-state index is 0.112. The van der Waals surface area contributed by atoms with E-state index < -0.39 is 0 Å². The smallest absolute Gasteiger partial charge is 0.321 e. The topological polar surface area (TPSA) is 87.6 Å². The number of likely N-dealkylation sites (tertiary alicyclic amines) is 1. The summed E-state index contributed by atoms with van der Waals surface area (Å²) in [4.78, 5) is 23.0. The summed E-state index contributed by atoms with van der Waals surface area (Å²) < 4.78 is 5.79. The van der Waals surface area contributed by atoms with Gasteiger partial charge in [-0.2, -0.15) is 0 Å². The lowest BCUT2D eigenvalue weighted by Gasteiger charge is -2.38. The lowest BCUT2D eigenvalue weighted by Crippen LogP contribution is -2.47. The molecule has 0 radical (unpaired) electrons. The number of benzene rings is 1. The Bertz CT molecular complexity index is 833. The number of piperidine rings is 1. The third-order valence-electron chi connectivity index (χ3n) is 5.34. The molecule has 2 aliphatic heterocycles. The minimum Gasteiger partial charge on any atom is -0.391 e. The second-order valence-electron chi connectivity index (χ2n) is 7.34. The van der Waals surface area contributed by atoms with Crippen molar-refractivity contribution in [1.29, 1.82) is 0 Å². The number of aryl methyl sites for hydroxylation is 1. The molecular formula is C20H24N4O3. The van der Waals surface area contributed by atoms with Gasteiger partial charge in [-0.3, -0.25) is 0 Å². The number of aliphatic hydroxyl groups is 1. The Morgan fingerprint density at radius 3 is 2.85 bits per heavy atom. The summed E-state index contributed by atoms with van der Waals surface area (Å²) in [5.41, 5.74) is 2.25. The number of hydrogen-bond acceptors (Lipinski definition) is 5. The van der Waals surface area contributed by atoms with Crippen LogP contribution in [0.1, 0.15) is 25.1 Å². The van der Waals surface area contributed by atoms with Gasteiger partial charge in [-0.05, 0) is 38.0 Å². The summed E-state index contributed by atoms with van der Waals surface area (Å²) in [7, 11) is 0. The van der Waals surface area contributed by atoms with Crippen molar-refractivity contribution in [3.05, 3.63) is 42.4 Å². The van der Waals surface area contributed by atoms with Crippen LogP contribution in [0.2, 0.25) is 0 Å². The Morgan fingerprint density at radius 2 is 2.15 bits per heavy atom. The molecule has 1 spiro atoms. The van der Waals surface area contributed by atoms with E-state index in [1.165, 1.54) is 0 Å². The van der Waals surface area contributed by atoms with Gasteiger partial charge in [0.25, 0.3) is 0 Å². The van der Waals surface area contributed by atoms with E-state index in [2.05, 4.69) is 15.3 Å². The van der Waals surface area contributed by atoms with Crippen molar-refractivity contribution >= 4 is 11.7 Å². The average Bonchev–Trinajstić information content (AvgIpc) is 3.02. The number of aliphatic hydroxyl groups excluding tert-OH is 1. The maximum absolute atomic E-state index is 12.6. The third-order valence-corrected chi connectivity index (χ3v) is 5.34. The van der Waals surface area contributed by atoms with Crippen LogP contribution in [0.15, 0.2) is 36.5 Å². The highest BCUT2D eigenvalue weighted by Crippen LogP contribution is 2.36. The number of ether oxygens (including phenoxy) is 1. The van der Waals surface area contributed by atoms with E-state index in [-0.39, 0.29) is 17.7 Å². The highest BCUT2D eigenvalue weighted by atomic mass is 16.5. The summed E-state index contributed by atoms with van der Waals surface area (Å²) in [6.45, 7) is 3.51. The minimum atomic E-state index is -0.376. The molecule has 2 aliphatic rings. The molecule has 2 fully saturated rings. The summed E-state index contributed by atoms with van der Waals surface area (Å²) in [6, 6.07) is 9.40. The van der Waals surface area contributed by atoms with E-state index in [4.69, 9.17) is 4.74 Å². The van der Waals surface area contributed by atoms with Gasteiger partial charge in [-0.1, -0.05) is 12.1 Å². The SMILES string of the molecule is Cc1nccc(-c2cccc(NC(=O)N3CCC4(CC3)CC(O)CO4)c2)n1. The summed E-state index contributed by atoms with van der Waals surface area (Å²) >= 11 is 0. The molecule has 7 heteroatoms. The van der Waals surface area contributed by atoms with Gasteiger partial charge < -0.3 is 20.1 Å². The molecule has 1 atom stereocenters. The first kappa shape index (κ1) is 17.9. The Hall–Kier alpha value is -2.51. The number of anilines is 1. The quantitative estimate of drug-likeness (QED) is 0.851. The van der Waals surface area contributed by atoms with Crippen LogP contribution in [0.3, 0.4) is 0 Å². The number of hydrogen-bond donors (Lipinski definition) is 2. The fourth-order valence-electron chi connectivity index (χ4n) is 3.86. The number of urea groups is 1. The number of amides is 2. The highest BCUT2D eigenvalue weighted by Gasteiger charge is 2.42. The molecule has 2 aromatic rings. The van der Waals surface area contributed by atoms with Crippen LogP contribution in [-0.4, -0.2) is 57.4 Å². The van der Waals surface area contributed by atoms with Gasteiger partial charge in [0.1, 0.15) is 5.82 Å². The average molecular weight is 368 g/mol. The Labute approximate surface area is 158 Å². The molecule has 0 saturated carbocycles. The van der Waals surface area contributed by atoms with Crippen molar-refractivity contribution in [2.75, 3.05) is 25.0 Å². The molecule has 0 bridgehead atoms. The van der Waals surface area contributed by atoms with Gasteiger partial charge >= 0.3 is 6.03 Å². The molecule has 27 heavy (non-hydrogen) atoms. The summed E-state index contributed by atoms with van der Waals surface area (Å²) in [5.74, 6) is 0.712. The molecule has 1 aromatic carbocycles. The number of carbonyl (C=O) groups is 1. The third kappa shape index (κ3) is 3.94. The largest absolute Gasteiger partial charge is 0.391 e. The Morgan fingerprint density at radius 1 is 1.33 bits per heavy atom. The van der Waals surface area contributed by atoms with Gasteiger partial charge in [0.2, 0.25) is 0 Å². The molecule has 1 unspecified atom stereocenters. The van der Waals surface area contributed by atoms with Crippen molar-refractivity contribution < 1.29 is 14.6 Å². The molecule has 7 nitrogen and oxygen atoms in total. The van der Waals surface area contributed by atoms with E-state index in [1.807, 2.05) is 37.3 Å². The van der Waals surface area contributed by atoms with Crippen molar-refractivity contribution in [1.82, 2.24) is 14.9 Å². The predicted octanol–water partition coefficient (Wildman–Crippen LogP) is 2.60. The first-order valence-electron chi connectivity index (χ1n) is 9.31. The molecule has 2 saturated heterocycles. The summed E-state index contributed by atoms with van der Waals surface area (Å²) in [6.07, 6.45) is 3.55. The lowest BCUT2D eigenvalue weighted by molar-refractivity contribution is -0.0365. The molecule has 2 amide bonds. The van der Waals surface area contributed by atoms with Crippen molar-refractivity contribution in [2.45, 2.75) is 37.9 Å². The van der Waals surface area contributed by atoms with Gasteiger partial charge in [0.15, 0.2) is 0 Å². The molecule has 1 aromatic heterocycles. The molecule has 3 heterocycles. The van der Waals surface area contributed by atoms with Crippen LogP contribution in [0.25, 0.3) is 11.3 Å². The zero-order valence-electron chi connectivity index (χ0n) is 15.4. The first-order valence-corrected chi connectivity index (χ1v) is 9.31. The molecule has 2 N–H and O–H groups in total. The maximum atomic E-state index is 12.6. The second-order valence-corrected chi connectivity index (χ2v) is 7.34. The van der Waals surface area contributed by atoms with Crippen molar-refractivity contribution in [2.24, 2.45) is 0 Å². The number of nitrogens with one attached hydrogen (secondary N) is 1. The Balaban J connectivity index is 1.40. The van der Waals surface area contributed by atoms with Crippen LogP contribution in [0.4, 0.5) is 10.5 Å². The highest BCUT2D eigenvalue weighted by molar-refractivity contribution is 5.90. The first-order chi connectivity index (χ1) is 13.0. The fraction of sp³-hybridized carbons (Fsp3) is 0.450. The van der Waals surface area contributed by atoms with Crippen LogP contribution < -0.4 is 5.32 Å². The number of nitrogens with zero attached hydrogens (tertiary/aromatic N) is 3. The van der Waals surface area contributed by atoms with E-state index in [9.17, 15) is 9.90 Å². The van der Waals surface area contributed by atoms with Gasteiger partial charge in [-0.25, -0.2) is 14.8 Å². The standard InChI is InChI=1S/C20H24N4O3/c1-14-21-8-5-18(22-14)15-3-2-4-16(11-15)23-19(26)24-9-6-20(7-10-24)12-17(25)13-27-20/h2-5,8,11,17,25H,6-7,9-10,12-13H2,1H3,(H,23,26). The Kier molecular flexibility index (Phi) is 4.80. The fourth-order valence-corrected chi connectivity index (χ4v) is 3.86. The van der Waals surface area contributed by atoms with Crippen molar-refractivity contribution in [3.8, 4) is 11.3 Å². The molecule has 4 rings (SSSR count). The van der Waals surface area contributed by atoms with Crippen LogP contribution in [0.5, 0.6) is 0 Å². The van der Waals surface area contributed by atoms with E-state index in [0.717, 1.165) is 29.8 Å². The van der Waals surface area contributed by atoms with Crippen LogP contribution in [0, 0.1) is 6.92 Å². The zero-order valence-corrected chi connectivity index (χ0v) is 15.4. The number of aromatic nitrogens is 2. The van der Waals surface area contributed by atoms with Gasteiger partial charge in [-0.15, -0.1) is 0 Å². The number of rotatable bonds is 2. The number of carbonyl (C=O) groups excluding carboxylic acids is 1. The second kappa shape index (κ2) is 7.25. The van der Waals surface area contributed by atoms with E-state index in [1.54, 1.807) is 11.1 Å². The molecular weight excluding hydrogens is 344 g/mol. The maximum Gasteiger partial charge on any atom is 0.321 e. The van der Waals surface area contributed by atoms with Crippen molar-refractivity contribution in [3.63, 3.8) is 0 Å². The molecule has 0 aliphatic carbocycles. The van der Waals surface area contributed by atoms with Gasteiger partial charge in [0, 0.05) is 37.0 Å².